The van der Waals surface area contributed by atoms with Crippen LogP contribution in [0, 0.1) is 11.3 Å². The van der Waals surface area contributed by atoms with Crippen molar-refractivity contribution in [3.8, 4) is 6.07 Å². The second kappa shape index (κ2) is 6.54. The molecule has 0 spiro atoms. The molecule has 1 heterocycles. The predicted molar refractivity (Wildman–Crippen MR) is 62.8 cm³/mol. The van der Waals surface area contributed by atoms with Crippen LogP contribution in [0.1, 0.15) is 31.9 Å². The van der Waals surface area contributed by atoms with E-state index < -0.39 is 5.97 Å². The zero-order valence-electron chi connectivity index (χ0n) is 10.0. The quantitative estimate of drug-likeness (QED) is 0.445. The number of carbonyl (C=O) groups excluding carboxylic acids is 1. The minimum atomic E-state index is -0.616. The van der Waals surface area contributed by atoms with Gasteiger partial charge in [0.05, 0.1) is 13.4 Å². The van der Waals surface area contributed by atoms with E-state index in [1.165, 1.54) is 13.4 Å². The van der Waals surface area contributed by atoms with E-state index in [1.54, 1.807) is 12.1 Å². The Kier molecular flexibility index (Phi) is 5.02. The highest BCUT2D eigenvalue weighted by molar-refractivity contribution is 6.01. The van der Waals surface area contributed by atoms with Crippen molar-refractivity contribution in [2.75, 3.05) is 7.11 Å². The monoisotopic (exact) mass is 233 g/mol. The molecule has 0 N–H and O–H groups in total. The topological polar surface area (TPSA) is 63.2 Å². The van der Waals surface area contributed by atoms with E-state index in [2.05, 4.69) is 4.74 Å². The normalized spacial score (nSPS) is 11.6. The van der Waals surface area contributed by atoms with Crippen molar-refractivity contribution >= 4 is 11.5 Å². The lowest BCUT2D eigenvalue weighted by molar-refractivity contribution is -0.135. The minimum absolute atomic E-state index is 0.0240. The van der Waals surface area contributed by atoms with Gasteiger partial charge in [0, 0.05) is 5.57 Å². The van der Waals surface area contributed by atoms with E-state index in [0.29, 0.717) is 17.8 Å². The van der Waals surface area contributed by atoms with Gasteiger partial charge in [-0.15, -0.1) is 0 Å². The van der Waals surface area contributed by atoms with Crippen molar-refractivity contribution in [1.82, 2.24) is 0 Å². The molecule has 0 aliphatic rings. The van der Waals surface area contributed by atoms with Crippen LogP contribution in [0.4, 0.5) is 0 Å². The predicted octanol–water partition coefficient (Wildman–Crippen LogP) is 2.92. The summed E-state index contributed by atoms with van der Waals surface area (Å²) in [6, 6.07) is 5.37. The first-order valence-corrected chi connectivity index (χ1v) is 5.50. The molecule has 17 heavy (non-hydrogen) atoms. The Morgan fingerprint density at radius 2 is 2.35 bits per heavy atom. The van der Waals surface area contributed by atoms with E-state index in [9.17, 15) is 4.79 Å². The maximum Gasteiger partial charge on any atom is 0.349 e. The lowest BCUT2D eigenvalue weighted by atomic mass is 10.0. The maximum absolute atomic E-state index is 11.5. The van der Waals surface area contributed by atoms with Crippen LogP contribution in [0.3, 0.4) is 0 Å². The third-order valence-corrected chi connectivity index (χ3v) is 2.40. The number of carbonyl (C=O) groups is 1. The van der Waals surface area contributed by atoms with Gasteiger partial charge in [0.15, 0.2) is 0 Å². The molecule has 0 fully saturated rings. The Labute approximate surface area is 100 Å². The molecule has 1 rings (SSSR count). The van der Waals surface area contributed by atoms with Gasteiger partial charge in [-0.25, -0.2) is 4.79 Å². The number of ether oxygens (including phenoxy) is 1. The number of nitriles is 1. The van der Waals surface area contributed by atoms with Crippen LogP contribution in [0.15, 0.2) is 28.4 Å². The van der Waals surface area contributed by atoms with Gasteiger partial charge in [-0.2, -0.15) is 5.26 Å². The molecule has 0 unspecified atom stereocenters. The summed E-state index contributed by atoms with van der Waals surface area (Å²) in [4.78, 5) is 11.5. The fourth-order valence-electron chi connectivity index (χ4n) is 1.51. The summed E-state index contributed by atoms with van der Waals surface area (Å²) < 4.78 is 9.85. The Morgan fingerprint density at radius 3 is 2.82 bits per heavy atom. The van der Waals surface area contributed by atoms with E-state index in [0.717, 1.165) is 12.8 Å². The van der Waals surface area contributed by atoms with E-state index in [-0.39, 0.29) is 5.57 Å². The first kappa shape index (κ1) is 13.0. The molecule has 1 aromatic heterocycles. The third kappa shape index (κ3) is 3.22. The van der Waals surface area contributed by atoms with Gasteiger partial charge in [-0.1, -0.05) is 13.3 Å². The first-order valence-electron chi connectivity index (χ1n) is 5.50. The number of rotatable bonds is 5. The third-order valence-electron chi connectivity index (χ3n) is 2.40. The van der Waals surface area contributed by atoms with Gasteiger partial charge in [-0.05, 0) is 25.0 Å². The van der Waals surface area contributed by atoms with E-state index >= 15 is 0 Å². The van der Waals surface area contributed by atoms with Gasteiger partial charge in [0.1, 0.15) is 17.4 Å². The van der Waals surface area contributed by atoms with Crippen LogP contribution < -0.4 is 0 Å². The second-order valence-corrected chi connectivity index (χ2v) is 3.54. The lowest BCUT2D eigenvalue weighted by Gasteiger charge is -2.06. The molecular formula is C13H15NO3. The largest absolute Gasteiger partial charge is 0.465 e. The Morgan fingerprint density at radius 1 is 1.59 bits per heavy atom. The molecule has 0 aliphatic heterocycles. The number of nitrogens with zero attached hydrogens (tertiary/aromatic N) is 1. The molecule has 0 bridgehead atoms. The van der Waals surface area contributed by atoms with Crippen LogP contribution in [0.5, 0.6) is 0 Å². The molecule has 1 aromatic rings. The summed E-state index contributed by atoms with van der Waals surface area (Å²) in [5, 5.41) is 9.05. The minimum Gasteiger partial charge on any atom is -0.465 e. The van der Waals surface area contributed by atoms with Crippen molar-refractivity contribution in [3.63, 3.8) is 0 Å². The van der Waals surface area contributed by atoms with E-state index in [4.69, 9.17) is 9.68 Å². The molecule has 0 atom stereocenters. The molecule has 0 radical (unpaired) electrons. The number of hydrogen-bond acceptors (Lipinski definition) is 4. The van der Waals surface area contributed by atoms with Crippen LogP contribution in [-0.2, 0) is 9.53 Å². The number of allylic oxidation sites excluding steroid dienone is 1. The molecular weight excluding hydrogens is 218 g/mol. The van der Waals surface area contributed by atoms with Crippen molar-refractivity contribution in [1.29, 1.82) is 5.26 Å². The summed E-state index contributed by atoms with van der Waals surface area (Å²) in [7, 11) is 1.26. The molecule has 90 valence electrons. The highest BCUT2D eigenvalue weighted by Crippen LogP contribution is 2.25. The van der Waals surface area contributed by atoms with Crippen LogP contribution in [0.25, 0.3) is 5.57 Å². The average molecular weight is 233 g/mol. The molecule has 0 saturated heterocycles. The second-order valence-electron chi connectivity index (χ2n) is 3.54. The molecule has 4 heteroatoms. The molecule has 4 nitrogen and oxygen atoms in total. The molecule has 0 aromatic carbocycles. The summed E-state index contributed by atoms with van der Waals surface area (Å²) in [6.45, 7) is 2.05. The standard InChI is InChI=1S/C13H15NO3/c1-3-4-6-10(12-7-5-8-17-12)11(9-14)13(15)16-2/h5,7-8H,3-4,6H2,1-2H3/b11-10-. The van der Waals surface area contributed by atoms with Crippen LogP contribution in [-0.4, -0.2) is 13.1 Å². The van der Waals surface area contributed by atoms with Crippen molar-refractivity contribution < 1.29 is 13.9 Å². The van der Waals surface area contributed by atoms with Gasteiger partial charge in [0.2, 0.25) is 0 Å². The van der Waals surface area contributed by atoms with Gasteiger partial charge in [0.25, 0.3) is 0 Å². The summed E-state index contributed by atoms with van der Waals surface area (Å²) in [5.74, 6) is -0.0598. The highest BCUT2D eigenvalue weighted by atomic mass is 16.5. The summed E-state index contributed by atoms with van der Waals surface area (Å²) >= 11 is 0. The smallest absolute Gasteiger partial charge is 0.349 e. The van der Waals surface area contributed by atoms with E-state index in [1.807, 2.05) is 13.0 Å². The Balaban J connectivity index is 3.15. The van der Waals surface area contributed by atoms with Crippen LogP contribution in [0.2, 0.25) is 0 Å². The number of unbranched alkanes of at least 4 members (excludes halogenated alkanes) is 1. The SMILES string of the molecule is CCCC/C(=C(\C#N)C(=O)OC)c1ccco1. The van der Waals surface area contributed by atoms with Crippen LogP contribution >= 0.6 is 0 Å². The van der Waals surface area contributed by atoms with Crippen molar-refractivity contribution in [2.24, 2.45) is 0 Å². The maximum atomic E-state index is 11.5. The number of esters is 1. The zero-order chi connectivity index (χ0) is 12.7. The van der Waals surface area contributed by atoms with Gasteiger partial charge in [-0.3, -0.25) is 0 Å². The van der Waals surface area contributed by atoms with Crippen molar-refractivity contribution in [2.45, 2.75) is 26.2 Å². The van der Waals surface area contributed by atoms with Gasteiger partial charge >= 0.3 is 5.97 Å². The Hall–Kier alpha value is -2.02. The number of hydrogen-bond donors (Lipinski definition) is 0. The number of methoxy groups -OCH3 is 1. The zero-order valence-corrected chi connectivity index (χ0v) is 10.0. The average Bonchev–Trinajstić information content (AvgIpc) is 2.87. The summed E-state index contributed by atoms with van der Waals surface area (Å²) in [5.41, 5.74) is 0.641. The first-order chi connectivity index (χ1) is 8.24. The summed E-state index contributed by atoms with van der Waals surface area (Å²) in [6.07, 6.45) is 4.01. The molecule has 0 amide bonds. The Bertz CT molecular complexity index is 438. The van der Waals surface area contributed by atoms with Gasteiger partial charge < -0.3 is 9.15 Å². The fourth-order valence-corrected chi connectivity index (χ4v) is 1.51. The lowest BCUT2D eigenvalue weighted by Crippen LogP contribution is -2.06. The highest BCUT2D eigenvalue weighted by Gasteiger charge is 2.18. The van der Waals surface area contributed by atoms with Crippen molar-refractivity contribution in [3.05, 3.63) is 29.7 Å². The number of furan rings is 1. The fraction of sp³-hybridized carbons (Fsp3) is 0.385. The molecule has 0 saturated carbocycles. The molecule has 0 aliphatic carbocycles.